The lowest BCUT2D eigenvalue weighted by Crippen LogP contribution is -2.47. The monoisotopic (exact) mass is 306 g/mol. The number of anilines is 1. The van der Waals surface area contributed by atoms with Crippen molar-refractivity contribution in [3.05, 3.63) is 23.8 Å². The first-order valence-corrected chi connectivity index (χ1v) is 7.38. The molecule has 22 heavy (non-hydrogen) atoms. The van der Waals surface area contributed by atoms with Crippen molar-refractivity contribution >= 4 is 17.5 Å². The molecule has 1 aromatic carbocycles. The summed E-state index contributed by atoms with van der Waals surface area (Å²) in [6, 6.07) is 4.81. The lowest BCUT2D eigenvalue weighted by molar-refractivity contribution is -0.136. The van der Waals surface area contributed by atoms with Crippen molar-refractivity contribution in [1.82, 2.24) is 15.5 Å². The molecule has 0 aliphatic carbocycles. The maximum absolute atomic E-state index is 11.8. The zero-order chi connectivity index (χ0) is 15.9. The summed E-state index contributed by atoms with van der Waals surface area (Å²) in [6.07, 6.45) is 0. The quantitative estimate of drug-likeness (QED) is 0.451. The molecule has 4 N–H and O–H groups in total. The van der Waals surface area contributed by atoms with Gasteiger partial charge in [0.25, 0.3) is 0 Å². The van der Waals surface area contributed by atoms with Gasteiger partial charge in [0.15, 0.2) is 0 Å². The van der Waals surface area contributed by atoms with Crippen LogP contribution in [0.2, 0.25) is 0 Å². The fourth-order valence-electron chi connectivity index (χ4n) is 2.27. The molecule has 0 radical (unpaired) electrons. The molecule has 7 heteroatoms. The van der Waals surface area contributed by atoms with E-state index in [1.807, 2.05) is 6.92 Å². The Morgan fingerprint density at radius 1 is 1.27 bits per heavy atom. The van der Waals surface area contributed by atoms with E-state index in [2.05, 4.69) is 20.9 Å². The number of rotatable bonds is 4. The molecular formula is C15H22N4O3. The van der Waals surface area contributed by atoms with Gasteiger partial charge in [0.1, 0.15) is 5.75 Å². The van der Waals surface area contributed by atoms with Crippen molar-refractivity contribution < 1.29 is 14.7 Å². The third-order valence-corrected chi connectivity index (χ3v) is 3.53. The molecule has 0 bridgehead atoms. The molecule has 0 atom stereocenters. The van der Waals surface area contributed by atoms with Crippen molar-refractivity contribution in [2.24, 2.45) is 0 Å². The maximum atomic E-state index is 11.8. The van der Waals surface area contributed by atoms with E-state index >= 15 is 0 Å². The number of amides is 2. The molecule has 120 valence electrons. The van der Waals surface area contributed by atoms with E-state index in [4.69, 9.17) is 0 Å². The molecule has 1 saturated heterocycles. The van der Waals surface area contributed by atoms with Gasteiger partial charge in [0, 0.05) is 39.3 Å². The Morgan fingerprint density at radius 2 is 2.00 bits per heavy atom. The van der Waals surface area contributed by atoms with Gasteiger partial charge in [-0.05, 0) is 24.6 Å². The first kappa shape index (κ1) is 16.3. The molecule has 0 unspecified atom stereocenters. The number of hydrogen-bond donors (Lipinski definition) is 4. The fourth-order valence-corrected chi connectivity index (χ4v) is 2.27. The number of benzene rings is 1. The largest absolute Gasteiger partial charge is 0.506 e. The van der Waals surface area contributed by atoms with Gasteiger partial charge in [-0.15, -0.1) is 0 Å². The van der Waals surface area contributed by atoms with Crippen LogP contribution in [0.15, 0.2) is 18.2 Å². The van der Waals surface area contributed by atoms with E-state index in [0.29, 0.717) is 6.54 Å². The van der Waals surface area contributed by atoms with E-state index in [-0.39, 0.29) is 11.4 Å². The van der Waals surface area contributed by atoms with Crippen molar-refractivity contribution in [2.75, 3.05) is 44.6 Å². The minimum absolute atomic E-state index is 0.0624. The zero-order valence-corrected chi connectivity index (χ0v) is 12.7. The van der Waals surface area contributed by atoms with Crippen molar-refractivity contribution in [3.8, 4) is 5.75 Å². The van der Waals surface area contributed by atoms with Crippen LogP contribution in [0.4, 0.5) is 5.69 Å². The molecular weight excluding hydrogens is 284 g/mol. The predicted molar refractivity (Wildman–Crippen MR) is 83.8 cm³/mol. The molecule has 1 aliphatic rings. The number of nitrogens with one attached hydrogen (secondary N) is 3. The Hall–Kier alpha value is -2.12. The van der Waals surface area contributed by atoms with Crippen molar-refractivity contribution in [2.45, 2.75) is 6.92 Å². The third kappa shape index (κ3) is 4.71. The lowest BCUT2D eigenvalue weighted by atomic mass is 10.2. The summed E-state index contributed by atoms with van der Waals surface area (Å²) in [6.45, 7) is 6.76. The number of piperazine rings is 1. The van der Waals surface area contributed by atoms with Gasteiger partial charge in [0.05, 0.1) is 5.69 Å². The number of aryl methyl sites for hydroxylation is 1. The van der Waals surface area contributed by atoms with Gasteiger partial charge in [0.2, 0.25) is 0 Å². The summed E-state index contributed by atoms with van der Waals surface area (Å²) in [5.41, 5.74) is 1.12. The van der Waals surface area contributed by atoms with E-state index in [1.165, 1.54) is 6.07 Å². The van der Waals surface area contributed by atoms with Crippen LogP contribution in [-0.2, 0) is 9.59 Å². The number of nitrogens with zero attached hydrogens (tertiary/aromatic N) is 1. The summed E-state index contributed by atoms with van der Waals surface area (Å²) < 4.78 is 0. The summed E-state index contributed by atoms with van der Waals surface area (Å²) in [4.78, 5) is 25.8. The number of phenols is 1. The third-order valence-electron chi connectivity index (χ3n) is 3.53. The highest BCUT2D eigenvalue weighted by atomic mass is 16.3. The highest BCUT2D eigenvalue weighted by Gasteiger charge is 2.16. The molecule has 7 nitrogen and oxygen atoms in total. The molecule has 2 rings (SSSR count). The minimum Gasteiger partial charge on any atom is -0.506 e. The highest BCUT2D eigenvalue weighted by Crippen LogP contribution is 2.23. The minimum atomic E-state index is -0.777. The van der Waals surface area contributed by atoms with E-state index in [0.717, 1.165) is 38.3 Å². The molecule has 1 aliphatic heterocycles. The zero-order valence-electron chi connectivity index (χ0n) is 12.7. The van der Waals surface area contributed by atoms with Crippen LogP contribution >= 0.6 is 0 Å². The molecule has 2 amide bonds. The summed E-state index contributed by atoms with van der Waals surface area (Å²) in [5, 5.41) is 17.9. The normalized spacial score (nSPS) is 15.3. The van der Waals surface area contributed by atoms with Crippen LogP contribution in [0.3, 0.4) is 0 Å². The van der Waals surface area contributed by atoms with Crippen LogP contribution in [0, 0.1) is 6.92 Å². The molecule has 0 spiro atoms. The smallest absolute Gasteiger partial charge is 0.313 e. The Balaban J connectivity index is 1.76. The Labute approximate surface area is 129 Å². The Morgan fingerprint density at radius 3 is 2.73 bits per heavy atom. The predicted octanol–water partition coefficient (Wildman–Crippen LogP) is -0.339. The van der Waals surface area contributed by atoms with Gasteiger partial charge < -0.3 is 21.1 Å². The number of carbonyl (C=O) groups excluding carboxylic acids is 2. The topological polar surface area (TPSA) is 93.7 Å². The number of aromatic hydroxyl groups is 1. The average molecular weight is 306 g/mol. The van der Waals surface area contributed by atoms with Crippen LogP contribution in [0.1, 0.15) is 5.56 Å². The Bertz CT molecular complexity index is 542. The summed E-state index contributed by atoms with van der Waals surface area (Å²) >= 11 is 0. The van der Waals surface area contributed by atoms with Crippen molar-refractivity contribution in [3.63, 3.8) is 0 Å². The van der Waals surface area contributed by atoms with E-state index < -0.39 is 11.8 Å². The molecule has 0 aromatic heterocycles. The number of hydrogen-bond acceptors (Lipinski definition) is 5. The highest BCUT2D eigenvalue weighted by molar-refractivity contribution is 6.39. The first-order valence-electron chi connectivity index (χ1n) is 7.38. The molecule has 1 fully saturated rings. The first-order chi connectivity index (χ1) is 10.6. The second-order valence-corrected chi connectivity index (χ2v) is 5.32. The SMILES string of the molecule is Cc1ccc(O)c(NC(=O)C(=O)NCCN2CCNCC2)c1. The van der Waals surface area contributed by atoms with Gasteiger partial charge in [-0.1, -0.05) is 6.07 Å². The summed E-state index contributed by atoms with van der Waals surface area (Å²) in [7, 11) is 0. The van der Waals surface area contributed by atoms with E-state index in [1.54, 1.807) is 12.1 Å². The average Bonchev–Trinajstić information content (AvgIpc) is 2.52. The van der Waals surface area contributed by atoms with Crippen LogP contribution < -0.4 is 16.0 Å². The second-order valence-electron chi connectivity index (χ2n) is 5.32. The van der Waals surface area contributed by atoms with E-state index in [9.17, 15) is 14.7 Å². The van der Waals surface area contributed by atoms with Gasteiger partial charge >= 0.3 is 11.8 Å². The van der Waals surface area contributed by atoms with Crippen LogP contribution in [-0.4, -0.2) is 61.1 Å². The van der Waals surface area contributed by atoms with Gasteiger partial charge in [-0.25, -0.2) is 0 Å². The fraction of sp³-hybridized carbons (Fsp3) is 0.467. The van der Waals surface area contributed by atoms with Gasteiger partial charge in [-0.2, -0.15) is 0 Å². The maximum Gasteiger partial charge on any atom is 0.313 e. The molecule has 0 saturated carbocycles. The van der Waals surface area contributed by atoms with Crippen molar-refractivity contribution in [1.29, 1.82) is 0 Å². The second kappa shape index (κ2) is 7.77. The number of carbonyl (C=O) groups is 2. The lowest BCUT2D eigenvalue weighted by Gasteiger charge is -2.26. The van der Waals surface area contributed by atoms with Crippen LogP contribution in [0.5, 0.6) is 5.75 Å². The number of phenolic OH excluding ortho intramolecular Hbond substituents is 1. The summed E-state index contributed by atoms with van der Waals surface area (Å²) in [5.74, 6) is -1.54. The Kier molecular flexibility index (Phi) is 5.74. The standard InChI is InChI=1S/C15H22N4O3/c1-11-2-3-13(20)12(10-11)18-15(22)14(21)17-6-9-19-7-4-16-5-8-19/h2-3,10,16,20H,4-9H2,1H3,(H,17,21)(H,18,22). The molecule has 1 aromatic rings. The van der Waals surface area contributed by atoms with Gasteiger partial charge in [-0.3, -0.25) is 14.5 Å². The molecule has 1 heterocycles. The van der Waals surface area contributed by atoms with Crippen LogP contribution in [0.25, 0.3) is 0 Å².